The second-order valence-electron chi connectivity index (χ2n) is 9.80. The van der Waals surface area contributed by atoms with Gasteiger partial charge in [0, 0.05) is 36.5 Å². The molecule has 0 atom stereocenters. The predicted molar refractivity (Wildman–Crippen MR) is 145 cm³/mol. The molecule has 41 heavy (non-hydrogen) atoms. The van der Waals surface area contributed by atoms with Gasteiger partial charge in [-0.1, -0.05) is 36.4 Å². The third kappa shape index (κ3) is 16.5. The number of pyridine rings is 1. The number of primary amides is 1. The van der Waals surface area contributed by atoms with Crippen LogP contribution in [0.4, 0.5) is 0 Å². The maximum Gasteiger partial charge on any atom is 0.344 e. The molecule has 0 aliphatic carbocycles. The topological polar surface area (TPSA) is 124 Å². The molecule has 0 saturated heterocycles. The van der Waals surface area contributed by atoms with Gasteiger partial charge in [0.2, 0.25) is 0 Å². The van der Waals surface area contributed by atoms with Gasteiger partial charge in [-0.25, -0.2) is 9.78 Å². The van der Waals surface area contributed by atoms with Crippen LogP contribution in [0.2, 0.25) is 0 Å². The fraction of sp³-hybridized carbons (Fsp3) is 0.517. The molecule has 7 nitrogen and oxygen atoms in total. The summed E-state index contributed by atoms with van der Waals surface area (Å²) in [4.78, 5) is 17.9. The summed E-state index contributed by atoms with van der Waals surface area (Å²) in [5.74, 6) is 0.125. The van der Waals surface area contributed by atoms with Crippen molar-refractivity contribution < 1.29 is 93.8 Å². The van der Waals surface area contributed by atoms with Crippen LogP contribution in [0.25, 0.3) is 21.8 Å². The van der Waals surface area contributed by atoms with Crippen LogP contribution in [-0.2, 0) is 0 Å². The van der Waals surface area contributed by atoms with Gasteiger partial charge in [-0.05, 0) is 31.4 Å². The van der Waals surface area contributed by atoms with Gasteiger partial charge in [0.15, 0.2) is 0 Å². The van der Waals surface area contributed by atoms with Crippen LogP contribution < -0.4 is 89.0 Å². The average Bonchev–Trinajstić information content (AvgIpc) is 2.90. The fourth-order valence-electron chi connectivity index (χ4n) is 4.76. The summed E-state index contributed by atoms with van der Waals surface area (Å²) in [6, 6.07) is 15.9. The summed E-state index contributed by atoms with van der Waals surface area (Å²) in [7, 11) is 0. The Morgan fingerprint density at radius 2 is 0.976 bits per heavy atom. The highest BCUT2D eigenvalue weighted by Gasteiger charge is 2.18. The van der Waals surface area contributed by atoms with Crippen molar-refractivity contribution in [2.75, 3.05) is 52.4 Å². The number of halogens is 5. The highest BCUT2D eigenvalue weighted by Crippen LogP contribution is 2.25. The third-order valence-corrected chi connectivity index (χ3v) is 6.82. The van der Waals surface area contributed by atoms with Gasteiger partial charge in [0.25, 0.3) is 0 Å². The molecular weight excluding hydrogens is 626 g/mol. The van der Waals surface area contributed by atoms with Crippen molar-refractivity contribution in [2.45, 2.75) is 44.9 Å². The number of amides is 1. The predicted octanol–water partition coefficient (Wildman–Crippen LogP) is -16.2. The standard InChI is InChI=1S/C29H44N6O.5ClH/c30-16-10-20-31-18-8-9-19-33-22-11-21-32-17-6-1-7-23-34-29(36)28-24-12-2-4-14-26(24)35-27-15-5-3-13-25(27)28;;;;;/h2-5,12-15,31-33H,1,6-11,16-23,30H2,(H,34,36);5*1H. The maximum absolute atomic E-state index is 13.1. The quantitative estimate of drug-likeness (QED) is 0.0641. The molecule has 0 fully saturated rings. The molecule has 236 valence electrons. The largest absolute Gasteiger partial charge is 1.00 e. The Labute approximate surface area is 276 Å². The summed E-state index contributed by atoms with van der Waals surface area (Å²) in [6.45, 7) is 9.33. The zero-order valence-electron chi connectivity index (χ0n) is 24.0. The molecule has 3 rings (SSSR count). The number of rotatable bonds is 19. The number of benzene rings is 2. The molecule has 12 heteroatoms. The lowest BCUT2D eigenvalue weighted by atomic mass is 10.0. The number of nitrogens with zero attached hydrogens (tertiary/aromatic N) is 1. The smallest absolute Gasteiger partial charge is 0.344 e. The van der Waals surface area contributed by atoms with E-state index in [1.807, 2.05) is 53.8 Å². The molecule has 11 N–H and O–H groups in total. The van der Waals surface area contributed by atoms with Crippen LogP contribution in [-0.4, -0.2) is 63.2 Å². The number of carbonyl (C=O) groups is 1. The molecule has 1 heterocycles. The van der Waals surface area contributed by atoms with E-state index >= 15 is 0 Å². The van der Waals surface area contributed by atoms with Crippen molar-refractivity contribution in [1.82, 2.24) is 4.98 Å². The van der Waals surface area contributed by atoms with Crippen LogP contribution in [0.3, 0.4) is 0 Å². The summed E-state index contributed by atoms with van der Waals surface area (Å²) in [5.41, 5.74) is 6.45. The Bertz CT molecular complexity index is 1010. The van der Waals surface area contributed by atoms with Gasteiger partial charge in [-0.15, -0.1) is 0 Å². The molecule has 2 aromatic carbocycles. The number of hydrogen-bond acceptors (Lipinski definition) is 2. The summed E-state index contributed by atoms with van der Waals surface area (Å²) in [6.07, 6.45) is 8.65. The molecule has 0 saturated carbocycles. The molecule has 1 amide bonds. The van der Waals surface area contributed by atoms with Gasteiger partial charge >= 0.3 is 5.91 Å². The van der Waals surface area contributed by atoms with Gasteiger partial charge in [-0.2, -0.15) is 0 Å². The van der Waals surface area contributed by atoms with Crippen molar-refractivity contribution >= 4 is 27.7 Å². The first-order valence-corrected chi connectivity index (χ1v) is 14.2. The van der Waals surface area contributed by atoms with Gasteiger partial charge in [-0.3, -0.25) is 5.32 Å². The SMILES string of the molecule is [Cl-].[Cl-].[Cl-].[Cl-].[Cl-].[NH3+]CCC[NH2+]CCCC[NH2+]CCC[NH2+]CCCCC[NH2+]C(=O)c1c2ccccc2nc2ccccc12. The van der Waals surface area contributed by atoms with Gasteiger partial charge < -0.3 is 83.7 Å². The molecule has 3 aromatic rings. The Hall–Kier alpha value is -0.970. The van der Waals surface area contributed by atoms with E-state index in [2.05, 4.69) is 21.7 Å². The highest BCUT2D eigenvalue weighted by atomic mass is 35.5. The van der Waals surface area contributed by atoms with Crippen molar-refractivity contribution in [2.24, 2.45) is 0 Å². The van der Waals surface area contributed by atoms with Crippen LogP contribution in [0.1, 0.15) is 55.3 Å². The number of unbranched alkanes of at least 4 members (excludes halogenated alkanes) is 3. The molecular formula is C29H49Cl5N6O. The number of carbonyl (C=O) groups excluding carboxylic acids is 1. The number of aromatic nitrogens is 1. The number of para-hydroxylation sites is 2. The van der Waals surface area contributed by atoms with E-state index in [0.29, 0.717) is 0 Å². The summed E-state index contributed by atoms with van der Waals surface area (Å²) in [5, 5.41) is 11.1. The van der Waals surface area contributed by atoms with Crippen LogP contribution in [0.15, 0.2) is 48.5 Å². The average molecular weight is 675 g/mol. The van der Waals surface area contributed by atoms with E-state index in [4.69, 9.17) is 4.98 Å². The Kier molecular flexibility index (Phi) is 30.2. The normalized spacial score (nSPS) is 10.1. The van der Waals surface area contributed by atoms with Crippen LogP contribution >= 0.6 is 0 Å². The molecule has 0 aliphatic heterocycles. The molecule has 0 bridgehead atoms. The minimum absolute atomic E-state index is 0. The first-order chi connectivity index (χ1) is 17.8. The van der Waals surface area contributed by atoms with Crippen molar-refractivity contribution in [3.63, 3.8) is 0 Å². The van der Waals surface area contributed by atoms with Crippen molar-refractivity contribution in [3.8, 4) is 0 Å². The zero-order valence-corrected chi connectivity index (χ0v) is 27.8. The second kappa shape index (κ2) is 27.8. The Morgan fingerprint density at radius 3 is 1.49 bits per heavy atom. The molecule has 0 aliphatic rings. The summed E-state index contributed by atoms with van der Waals surface area (Å²) >= 11 is 0. The number of nitrogens with two attached hydrogens (primary N) is 4. The van der Waals surface area contributed by atoms with Gasteiger partial charge in [0.1, 0.15) is 0 Å². The lowest BCUT2D eigenvalue weighted by Crippen LogP contribution is -3.00. The van der Waals surface area contributed by atoms with E-state index in [9.17, 15) is 4.79 Å². The molecule has 0 radical (unpaired) electrons. The Balaban J connectivity index is -0.00000289. The Morgan fingerprint density at radius 1 is 0.561 bits per heavy atom. The van der Waals surface area contributed by atoms with E-state index in [1.54, 1.807) is 0 Å². The van der Waals surface area contributed by atoms with Crippen LogP contribution in [0.5, 0.6) is 0 Å². The lowest BCUT2D eigenvalue weighted by molar-refractivity contribution is -0.682. The first kappa shape index (κ1) is 44.5. The lowest BCUT2D eigenvalue weighted by Gasteiger charge is -2.08. The third-order valence-electron chi connectivity index (χ3n) is 6.82. The first-order valence-electron chi connectivity index (χ1n) is 14.2. The van der Waals surface area contributed by atoms with Gasteiger partial charge in [0.05, 0.1) is 69.0 Å². The number of quaternary nitrogens is 5. The zero-order chi connectivity index (χ0) is 25.3. The summed E-state index contributed by atoms with van der Waals surface area (Å²) < 4.78 is 0. The number of hydrogen-bond donors (Lipinski definition) is 5. The number of fused-ring (bicyclic) bond motifs is 2. The van der Waals surface area contributed by atoms with E-state index in [1.165, 1.54) is 77.8 Å². The highest BCUT2D eigenvalue weighted by molar-refractivity contribution is 6.13. The van der Waals surface area contributed by atoms with Crippen molar-refractivity contribution in [1.29, 1.82) is 0 Å². The minimum atomic E-state index is 0. The second-order valence-corrected chi connectivity index (χ2v) is 9.80. The molecule has 0 spiro atoms. The minimum Gasteiger partial charge on any atom is -1.00 e. The van der Waals surface area contributed by atoms with E-state index in [0.717, 1.165) is 46.9 Å². The molecule has 1 aromatic heterocycles. The van der Waals surface area contributed by atoms with Crippen LogP contribution in [0, 0.1) is 0 Å². The molecule has 0 unspecified atom stereocenters. The van der Waals surface area contributed by atoms with Crippen molar-refractivity contribution in [3.05, 3.63) is 54.1 Å². The van der Waals surface area contributed by atoms with E-state index < -0.39 is 0 Å². The van der Waals surface area contributed by atoms with E-state index in [-0.39, 0.29) is 67.9 Å². The monoisotopic (exact) mass is 672 g/mol. The fourth-order valence-corrected chi connectivity index (χ4v) is 4.76. The maximum atomic E-state index is 13.1.